The Morgan fingerprint density at radius 2 is 1.74 bits per heavy atom. The second kappa shape index (κ2) is 14.3. The number of esters is 2. The fraction of sp³-hybridized carbons (Fsp3) is 0.690. The second-order valence-corrected chi connectivity index (χ2v) is 9.76. The molecule has 0 aromatic heterocycles. The van der Waals surface area contributed by atoms with Crippen LogP contribution >= 0.6 is 0 Å². The topological polar surface area (TPSA) is 69.7 Å². The van der Waals surface area contributed by atoms with Crippen molar-refractivity contribution in [3.8, 4) is 0 Å². The van der Waals surface area contributed by atoms with Crippen molar-refractivity contribution in [2.45, 2.75) is 110 Å². The van der Waals surface area contributed by atoms with Crippen LogP contribution in [0.5, 0.6) is 0 Å². The van der Waals surface area contributed by atoms with Crippen molar-refractivity contribution in [1.29, 1.82) is 0 Å². The molecule has 1 aromatic rings. The van der Waals surface area contributed by atoms with Crippen LogP contribution in [0.1, 0.15) is 121 Å². The Morgan fingerprint density at radius 1 is 1.03 bits per heavy atom. The van der Waals surface area contributed by atoms with E-state index in [4.69, 9.17) is 9.47 Å². The van der Waals surface area contributed by atoms with Gasteiger partial charge in [0.25, 0.3) is 0 Å². The van der Waals surface area contributed by atoms with E-state index in [1.807, 2.05) is 0 Å². The first-order chi connectivity index (χ1) is 16.4. The van der Waals surface area contributed by atoms with Crippen LogP contribution in [0.25, 0.3) is 0 Å². The lowest BCUT2D eigenvalue weighted by molar-refractivity contribution is -0.158. The predicted molar refractivity (Wildman–Crippen MR) is 135 cm³/mol. The van der Waals surface area contributed by atoms with E-state index in [-0.39, 0.29) is 17.7 Å². The van der Waals surface area contributed by atoms with Gasteiger partial charge < -0.3 is 9.47 Å². The van der Waals surface area contributed by atoms with Crippen LogP contribution in [0.15, 0.2) is 24.3 Å². The number of unbranched alkanes of at least 4 members (excludes halogenated alkanes) is 5. The molecule has 0 radical (unpaired) electrons. The molecule has 0 amide bonds. The van der Waals surface area contributed by atoms with Gasteiger partial charge in [-0.15, -0.1) is 0 Å². The van der Waals surface area contributed by atoms with Gasteiger partial charge in [-0.25, -0.2) is 0 Å². The third-order valence-electron chi connectivity index (χ3n) is 7.46. The van der Waals surface area contributed by atoms with Crippen molar-refractivity contribution in [3.63, 3.8) is 0 Å². The Labute approximate surface area is 206 Å². The molecule has 0 bridgehead atoms. The summed E-state index contributed by atoms with van der Waals surface area (Å²) in [6, 6.07) is 8.58. The van der Waals surface area contributed by atoms with E-state index in [2.05, 4.69) is 38.1 Å². The molecule has 1 unspecified atom stereocenters. The molecule has 5 heteroatoms. The van der Waals surface area contributed by atoms with Crippen LogP contribution < -0.4 is 0 Å². The molecule has 1 fully saturated rings. The summed E-state index contributed by atoms with van der Waals surface area (Å²) in [5.74, 6) is -0.193. The standard InChI is InChI=1S/C29H44O5/c1-5-7-10-13-22(3)23-15-17-24(18-16-23)25-19-20-26(30)29(25,28(32)33-4)21-12-9-8-11-14-27(31)34-6-2/h15-18,22,25H,5-14,19-21H2,1-4H3/t22-,25+,29?/m0/s1. The van der Waals surface area contributed by atoms with Crippen LogP contribution in [-0.2, 0) is 23.9 Å². The number of rotatable bonds is 15. The lowest BCUT2D eigenvalue weighted by Gasteiger charge is -2.32. The van der Waals surface area contributed by atoms with Crippen molar-refractivity contribution in [2.24, 2.45) is 5.41 Å². The van der Waals surface area contributed by atoms with E-state index in [0.717, 1.165) is 31.2 Å². The average molecular weight is 473 g/mol. The van der Waals surface area contributed by atoms with Crippen LogP contribution in [0, 0.1) is 5.41 Å². The van der Waals surface area contributed by atoms with E-state index in [1.165, 1.54) is 38.4 Å². The molecule has 1 aliphatic rings. The number of carbonyl (C=O) groups is 3. The van der Waals surface area contributed by atoms with Crippen molar-refractivity contribution < 1.29 is 23.9 Å². The van der Waals surface area contributed by atoms with Gasteiger partial charge in [-0.05, 0) is 49.7 Å². The molecule has 3 atom stereocenters. The van der Waals surface area contributed by atoms with E-state index >= 15 is 0 Å². The highest BCUT2D eigenvalue weighted by atomic mass is 16.5. The highest BCUT2D eigenvalue weighted by molar-refractivity contribution is 6.06. The summed E-state index contributed by atoms with van der Waals surface area (Å²) < 4.78 is 10.2. The van der Waals surface area contributed by atoms with Crippen LogP contribution in [-0.4, -0.2) is 31.4 Å². The number of benzene rings is 1. The van der Waals surface area contributed by atoms with Crippen molar-refractivity contribution in [1.82, 2.24) is 0 Å². The summed E-state index contributed by atoms with van der Waals surface area (Å²) in [6.07, 6.45) is 10.2. The summed E-state index contributed by atoms with van der Waals surface area (Å²) >= 11 is 0. The summed E-state index contributed by atoms with van der Waals surface area (Å²) in [6.45, 7) is 6.70. The molecular formula is C29H44O5. The maximum absolute atomic E-state index is 13.1. The Morgan fingerprint density at radius 3 is 2.38 bits per heavy atom. The lowest BCUT2D eigenvalue weighted by Crippen LogP contribution is -2.40. The van der Waals surface area contributed by atoms with E-state index in [9.17, 15) is 14.4 Å². The molecule has 0 spiro atoms. The van der Waals surface area contributed by atoms with Crippen LogP contribution in [0.4, 0.5) is 0 Å². The molecule has 1 aromatic carbocycles. The zero-order valence-corrected chi connectivity index (χ0v) is 21.7. The average Bonchev–Trinajstić information content (AvgIpc) is 3.17. The first-order valence-electron chi connectivity index (χ1n) is 13.3. The van der Waals surface area contributed by atoms with E-state index in [0.29, 0.717) is 38.2 Å². The van der Waals surface area contributed by atoms with Gasteiger partial charge in [-0.1, -0.05) is 76.6 Å². The van der Waals surface area contributed by atoms with Gasteiger partial charge in [0.05, 0.1) is 13.7 Å². The smallest absolute Gasteiger partial charge is 0.319 e. The van der Waals surface area contributed by atoms with E-state index in [1.54, 1.807) is 6.92 Å². The summed E-state index contributed by atoms with van der Waals surface area (Å²) in [5.41, 5.74) is 1.28. The highest BCUT2D eigenvalue weighted by Crippen LogP contribution is 2.51. The Balaban J connectivity index is 2.06. The third kappa shape index (κ3) is 7.16. The normalized spacial score (nSPS) is 20.8. The summed E-state index contributed by atoms with van der Waals surface area (Å²) in [7, 11) is 1.38. The maximum atomic E-state index is 13.1. The number of carbonyl (C=O) groups excluding carboxylic acids is 3. The minimum Gasteiger partial charge on any atom is -0.468 e. The van der Waals surface area contributed by atoms with Crippen LogP contribution in [0.3, 0.4) is 0 Å². The third-order valence-corrected chi connectivity index (χ3v) is 7.46. The fourth-order valence-electron chi connectivity index (χ4n) is 5.43. The molecular weight excluding hydrogens is 428 g/mol. The SMILES string of the molecule is CCCCC[C@H](C)c1ccc([C@H]2CCC(=O)C2(CCCCCCC(=O)OCC)C(=O)OC)cc1. The molecule has 0 N–H and O–H groups in total. The maximum Gasteiger partial charge on any atom is 0.319 e. The fourth-order valence-corrected chi connectivity index (χ4v) is 5.43. The first kappa shape index (κ1) is 28.1. The van der Waals surface area contributed by atoms with Crippen molar-refractivity contribution in [2.75, 3.05) is 13.7 Å². The number of hydrogen-bond donors (Lipinski definition) is 0. The Bertz CT molecular complexity index is 784. The van der Waals surface area contributed by atoms with Crippen molar-refractivity contribution in [3.05, 3.63) is 35.4 Å². The van der Waals surface area contributed by atoms with Gasteiger partial charge in [-0.3, -0.25) is 14.4 Å². The summed E-state index contributed by atoms with van der Waals surface area (Å²) in [5, 5.41) is 0. The molecule has 34 heavy (non-hydrogen) atoms. The molecule has 0 saturated heterocycles. The van der Waals surface area contributed by atoms with Gasteiger partial charge in [-0.2, -0.15) is 0 Å². The minimum absolute atomic E-state index is 0.00730. The number of ether oxygens (including phenoxy) is 2. The zero-order valence-electron chi connectivity index (χ0n) is 21.7. The monoisotopic (exact) mass is 472 g/mol. The minimum atomic E-state index is -1.09. The Kier molecular flexibility index (Phi) is 11.8. The molecule has 5 nitrogen and oxygen atoms in total. The lowest BCUT2D eigenvalue weighted by atomic mass is 9.70. The molecule has 2 rings (SSSR count). The quantitative estimate of drug-likeness (QED) is 0.158. The van der Waals surface area contributed by atoms with Gasteiger partial charge >= 0.3 is 11.9 Å². The van der Waals surface area contributed by atoms with Crippen LogP contribution in [0.2, 0.25) is 0 Å². The van der Waals surface area contributed by atoms with E-state index < -0.39 is 11.4 Å². The molecule has 1 saturated carbocycles. The largest absolute Gasteiger partial charge is 0.468 e. The van der Waals surface area contributed by atoms with Gasteiger partial charge in [0.1, 0.15) is 5.41 Å². The van der Waals surface area contributed by atoms with Gasteiger partial charge in [0.15, 0.2) is 5.78 Å². The van der Waals surface area contributed by atoms with Gasteiger partial charge in [0, 0.05) is 18.8 Å². The highest BCUT2D eigenvalue weighted by Gasteiger charge is 2.56. The Hall–Kier alpha value is -2.17. The number of hydrogen-bond acceptors (Lipinski definition) is 5. The number of methoxy groups -OCH3 is 1. The second-order valence-electron chi connectivity index (χ2n) is 9.76. The molecule has 190 valence electrons. The first-order valence-corrected chi connectivity index (χ1v) is 13.3. The number of ketones is 1. The number of Topliss-reactive ketones (excluding diaryl/α,β-unsaturated/α-hetero) is 1. The molecule has 1 aliphatic carbocycles. The molecule has 0 aliphatic heterocycles. The van der Waals surface area contributed by atoms with Crippen molar-refractivity contribution >= 4 is 17.7 Å². The molecule has 0 heterocycles. The van der Waals surface area contributed by atoms with Gasteiger partial charge in [0.2, 0.25) is 0 Å². The summed E-state index contributed by atoms with van der Waals surface area (Å²) in [4.78, 5) is 37.7. The zero-order chi connectivity index (χ0) is 25.0. The predicted octanol–water partition coefficient (Wildman–Crippen LogP) is 6.88.